The normalized spacial score (nSPS) is 10.8. The molecule has 0 fully saturated rings. The summed E-state index contributed by atoms with van der Waals surface area (Å²) < 4.78 is 1.93. The Morgan fingerprint density at radius 1 is 1.26 bits per heavy atom. The number of halogens is 1. The molecule has 0 bridgehead atoms. The summed E-state index contributed by atoms with van der Waals surface area (Å²) in [5.41, 5.74) is 3.68. The van der Waals surface area contributed by atoms with Crippen molar-refractivity contribution in [2.75, 3.05) is 11.1 Å². The van der Waals surface area contributed by atoms with Crippen molar-refractivity contribution in [1.82, 2.24) is 9.55 Å². The number of imidazole rings is 1. The van der Waals surface area contributed by atoms with Gasteiger partial charge in [0.2, 0.25) is 5.91 Å². The third-order valence-corrected chi connectivity index (χ3v) is 5.19. The van der Waals surface area contributed by atoms with Gasteiger partial charge in [0.15, 0.2) is 5.16 Å². The third kappa shape index (κ3) is 5.35. The number of aryl methyl sites for hydroxylation is 1. The zero-order chi connectivity index (χ0) is 19.2. The summed E-state index contributed by atoms with van der Waals surface area (Å²) in [4.78, 5) is 16.6. The van der Waals surface area contributed by atoms with Crippen LogP contribution in [0, 0.1) is 6.92 Å². The molecule has 0 saturated heterocycles. The molecular formula is C20H20ClN3O2S. The Morgan fingerprint density at radius 3 is 2.74 bits per heavy atom. The monoisotopic (exact) mass is 401 g/mol. The maximum Gasteiger partial charge on any atom is 0.234 e. The molecule has 1 heterocycles. The minimum atomic E-state index is -0.141. The molecule has 0 saturated carbocycles. The molecule has 0 aliphatic rings. The van der Waals surface area contributed by atoms with Gasteiger partial charge in [-0.2, -0.15) is 0 Å². The maximum absolute atomic E-state index is 12.2. The number of amides is 1. The van der Waals surface area contributed by atoms with Crippen molar-refractivity contribution in [2.24, 2.45) is 0 Å². The predicted octanol–water partition coefficient (Wildman–Crippen LogP) is 4.12. The van der Waals surface area contributed by atoms with Crippen molar-refractivity contribution in [1.29, 1.82) is 0 Å². The average Bonchev–Trinajstić information content (AvgIpc) is 3.03. The van der Waals surface area contributed by atoms with Crippen molar-refractivity contribution < 1.29 is 9.90 Å². The van der Waals surface area contributed by atoms with E-state index >= 15 is 0 Å². The van der Waals surface area contributed by atoms with E-state index in [1.165, 1.54) is 17.3 Å². The van der Waals surface area contributed by atoms with Crippen LogP contribution in [-0.2, 0) is 17.9 Å². The minimum Gasteiger partial charge on any atom is -0.390 e. The standard InChI is InChI=1S/C20H20ClN3O2S/c1-14-5-7-15(8-6-14)11-24-18(12-25)10-22-20(24)27-13-19(26)23-17-4-2-3-16(21)9-17/h2-10,25H,11-13H2,1H3,(H,23,26). The van der Waals surface area contributed by atoms with Crippen LogP contribution in [0.25, 0.3) is 0 Å². The van der Waals surface area contributed by atoms with E-state index in [0.717, 1.165) is 5.56 Å². The number of rotatable bonds is 7. The van der Waals surface area contributed by atoms with E-state index in [1.807, 2.05) is 11.5 Å². The van der Waals surface area contributed by atoms with Crippen LogP contribution in [0.5, 0.6) is 0 Å². The maximum atomic E-state index is 12.2. The Kier molecular flexibility index (Phi) is 6.55. The second-order valence-corrected chi connectivity index (χ2v) is 7.49. The van der Waals surface area contributed by atoms with E-state index < -0.39 is 0 Å². The van der Waals surface area contributed by atoms with E-state index in [9.17, 15) is 9.90 Å². The Hall–Kier alpha value is -2.28. The first-order valence-corrected chi connectivity index (χ1v) is 9.80. The van der Waals surface area contributed by atoms with Crippen LogP contribution in [0.15, 0.2) is 59.9 Å². The van der Waals surface area contributed by atoms with Gasteiger partial charge in [0.05, 0.1) is 24.3 Å². The van der Waals surface area contributed by atoms with Gasteiger partial charge in [0.25, 0.3) is 0 Å². The summed E-state index contributed by atoms with van der Waals surface area (Å²) in [5.74, 6) is 0.0696. The minimum absolute atomic E-state index is 0.103. The fourth-order valence-electron chi connectivity index (χ4n) is 2.57. The van der Waals surface area contributed by atoms with Crippen LogP contribution in [0.4, 0.5) is 5.69 Å². The largest absolute Gasteiger partial charge is 0.390 e. The summed E-state index contributed by atoms with van der Waals surface area (Å²) in [6.07, 6.45) is 1.64. The number of benzene rings is 2. The number of carbonyl (C=O) groups excluding carboxylic acids is 1. The number of anilines is 1. The zero-order valence-electron chi connectivity index (χ0n) is 14.9. The van der Waals surface area contributed by atoms with Gasteiger partial charge in [-0.25, -0.2) is 4.98 Å². The second-order valence-electron chi connectivity index (χ2n) is 6.11. The lowest BCUT2D eigenvalue weighted by atomic mass is 10.1. The number of nitrogens with zero attached hydrogens (tertiary/aromatic N) is 2. The number of nitrogens with one attached hydrogen (secondary N) is 1. The highest BCUT2D eigenvalue weighted by atomic mass is 35.5. The van der Waals surface area contributed by atoms with Crippen molar-refractivity contribution in [3.8, 4) is 0 Å². The lowest BCUT2D eigenvalue weighted by molar-refractivity contribution is -0.113. The van der Waals surface area contributed by atoms with Gasteiger partial charge in [-0.05, 0) is 30.7 Å². The number of aliphatic hydroxyl groups is 1. The van der Waals surface area contributed by atoms with Crippen LogP contribution in [0.2, 0.25) is 5.02 Å². The molecule has 5 nitrogen and oxygen atoms in total. The number of hydrogen-bond donors (Lipinski definition) is 2. The highest BCUT2D eigenvalue weighted by Crippen LogP contribution is 2.21. The quantitative estimate of drug-likeness (QED) is 0.584. The Bertz CT molecular complexity index is 925. The third-order valence-electron chi connectivity index (χ3n) is 3.97. The van der Waals surface area contributed by atoms with Crippen LogP contribution < -0.4 is 5.32 Å². The molecule has 0 spiro atoms. The molecule has 0 aliphatic heterocycles. The predicted molar refractivity (Wildman–Crippen MR) is 109 cm³/mol. The fourth-order valence-corrected chi connectivity index (χ4v) is 3.56. The van der Waals surface area contributed by atoms with Gasteiger partial charge in [0, 0.05) is 17.3 Å². The number of aliphatic hydroxyl groups excluding tert-OH is 1. The number of aromatic nitrogens is 2. The summed E-state index contributed by atoms with van der Waals surface area (Å²) in [6.45, 7) is 2.53. The Balaban J connectivity index is 1.66. The van der Waals surface area contributed by atoms with E-state index in [-0.39, 0.29) is 18.3 Å². The van der Waals surface area contributed by atoms with E-state index in [4.69, 9.17) is 11.6 Å². The number of thioether (sulfide) groups is 1. The zero-order valence-corrected chi connectivity index (χ0v) is 16.4. The second kappa shape index (κ2) is 9.08. The average molecular weight is 402 g/mol. The molecule has 3 rings (SSSR count). The molecular weight excluding hydrogens is 382 g/mol. The van der Waals surface area contributed by atoms with Gasteiger partial charge in [-0.3, -0.25) is 4.79 Å². The Morgan fingerprint density at radius 2 is 2.04 bits per heavy atom. The molecule has 0 aliphatic carbocycles. The van der Waals surface area contributed by atoms with E-state index in [0.29, 0.717) is 28.1 Å². The summed E-state index contributed by atoms with van der Waals surface area (Å²) in [6, 6.07) is 15.2. The molecule has 140 valence electrons. The highest BCUT2D eigenvalue weighted by Gasteiger charge is 2.13. The van der Waals surface area contributed by atoms with Gasteiger partial charge >= 0.3 is 0 Å². The molecule has 7 heteroatoms. The van der Waals surface area contributed by atoms with Gasteiger partial charge < -0.3 is 15.0 Å². The number of carbonyl (C=O) groups is 1. The molecule has 0 unspecified atom stereocenters. The number of hydrogen-bond acceptors (Lipinski definition) is 4. The molecule has 27 heavy (non-hydrogen) atoms. The molecule has 0 atom stereocenters. The van der Waals surface area contributed by atoms with Crippen molar-refractivity contribution >= 4 is 35.0 Å². The molecule has 2 aromatic carbocycles. The first kappa shape index (κ1) is 19.5. The Labute approximate surface area is 167 Å². The lowest BCUT2D eigenvalue weighted by Crippen LogP contribution is -2.15. The van der Waals surface area contributed by atoms with Crippen LogP contribution in [0.3, 0.4) is 0 Å². The molecule has 1 amide bonds. The molecule has 1 aromatic heterocycles. The molecule has 3 aromatic rings. The smallest absolute Gasteiger partial charge is 0.234 e. The van der Waals surface area contributed by atoms with Crippen LogP contribution in [-0.4, -0.2) is 26.3 Å². The first-order valence-electron chi connectivity index (χ1n) is 8.44. The molecule has 0 radical (unpaired) electrons. The topological polar surface area (TPSA) is 67.1 Å². The van der Waals surface area contributed by atoms with Crippen molar-refractivity contribution in [2.45, 2.75) is 25.2 Å². The van der Waals surface area contributed by atoms with Gasteiger partial charge in [0.1, 0.15) is 0 Å². The lowest BCUT2D eigenvalue weighted by Gasteiger charge is -2.11. The molecule has 2 N–H and O–H groups in total. The first-order chi connectivity index (χ1) is 13.0. The van der Waals surface area contributed by atoms with Crippen LogP contribution in [0.1, 0.15) is 16.8 Å². The van der Waals surface area contributed by atoms with E-state index in [2.05, 4.69) is 34.6 Å². The SMILES string of the molecule is Cc1ccc(Cn2c(CO)cnc2SCC(=O)Nc2cccc(Cl)c2)cc1. The summed E-state index contributed by atoms with van der Waals surface area (Å²) in [5, 5.41) is 13.7. The van der Waals surface area contributed by atoms with E-state index in [1.54, 1.807) is 30.5 Å². The summed E-state index contributed by atoms with van der Waals surface area (Å²) >= 11 is 7.27. The van der Waals surface area contributed by atoms with Crippen molar-refractivity contribution in [3.05, 3.63) is 76.6 Å². The van der Waals surface area contributed by atoms with Crippen molar-refractivity contribution in [3.63, 3.8) is 0 Å². The van der Waals surface area contributed by atoms with Gasteiger partial charge in [-0.15, -0.1) is 0 Å². The van der Waals surface area contributed by atoms with Crippen LogP contribution >= 0.6 is 23.4 Å². The highest BCUT2D eigenvalue weighted by molar-refractivity contribution is 7.99. The summed E-state index contributed by atoms with van der Waals surface area (Å²) in [7, 11) is 0. The fraction of sp³-hybridized carbons (Fsp3) is 0.200. The van der Waals surface area contributed by atoms with Gasteiger partial charge in [-0.1, -0.05) is 59.3 Å².